The van der Waals surface area contributed by atoms with E-state index in [1.54, 1.807) is 62.6 Å². The number of ether oxygens (including phenoxy) is 2. The highest BCUT2D eigenvalue weighted by atomic mass is 19.1. The molecule has 0 aliphatic carbocycles. The number of anilines is 2. The second-order valence-corrected chi connectivity index (χ2v) is 10.0. The van der Waals surface area contributed by atoms with Gasteiger partial charge in [0.1, 0.15) is 25.5 Å². The molecule has 41 heavy (non-hydrogen) atoms. The number of amides is 2. The van der Waals surface area contributed by atoms with Crippen LogP contribution in [0.3, 0.4) is 0 Å². The molecule has 0 saturated carbocycles. The first-order valence-electron chi connectivity index (χ1n) is 13.0. The molecule has 0 saturated heterocycles. The highest BCUT2D eigenvalue weighted by molar-refractivity contribution is 6.33. The Hall–Kier alpha value is -4.80. The predicted octanol–water partition coefficient (Wildman–Crippen LogP) is 3.95. The van der Waals surface area contributed by atoms with Crippen molar-refractivity contribution in [2.24, 2.45) is 0 Å². The number of hydrogen-bond donors (Lipinski definition) is 3. The number of likely N-dealkylation sites (N-methyl/N-ethyl adjacent to an activating group) is 1. The van der Waals surface area contributed by atoms with Gasteiger partial charge in [-0.2, -0.15) is 0 Å². The molecule has 6 rings (SSSR count). The third kappa shape index (κ3) is 5.74. The van der Waals surface area contributed by atoms with Crippen molar-refractivity contribution in [3.8, 4) is 5.75 Å². The van der Waals surface area contributed by atoms with Crippen LogP contribution in [0.4, 0.5) is 20.6 Å². The topological polar surface area (TPSA) is 113 Å². The van der Waals surface area contributed by atoms with Crippen LogP contribution in [-0.4, -0.2) is 50.5 Å². The first kappa shape index (κ1) is 27.8. The molecule has 0 fully saturated rings. The molecule has 2 aliphatic heterocycles. The minimum absolute atomic E-state index is 0.0439. The van der Waals surface area contributed by atoms with Crippen molar-refractivity contribution < 1.29 is 23.5 Å². The standard InChI is InChI=1S/C30H28BFN4O5/c1-16-15-41-30(39)35-19-6-7-24(31)18(10-19)14-36(2)29(38)27(23-13-26(40-3)21(16)12-25(23)32)34-20-5-4-17-8-9-33-28(37)22(17)11-20/h4-13,16,27,34H,14-15H2,1-3H3,(H,33,37)(H,35,39)/t16-,27+/m0/s1. The second-order valence-electron chi connectivity index (χ2n) is 10.0. The molecule has 3 N–H and O–H groups in total. The van der Waals surface area contributed by atoms with Gasteiger partial charge in [-0.3, -0.25) is 14.9 Å². The van der Waals surface area contributed by atoms with E-state index in [4.69, 9.17) is 17.3 Å². The Bertz CT molecular complexity index is 1710. The van der Waals surface area contributed by atoms with Gasteiger partial charge in [-0.1, -0.05) is 24.5 Å². The number of aromatic nitrogens is 1. The second kappa shape index (κ2) is 11.4. The third-order valence-corrected chi connectivity index (χ3v) is 7.16. The van der Waals surface area contributed by atoms with E-state index < -0.39 is 29.8 Å². The SMILES string of the molecule is [B]c1ccc2cc1CN(C)C(=O)[C@H](Nc1ccc3cc[nH]c(=O)c3c1)c1cc(OC)c(cc1F)[C@@H](C)COC(=O)N2. The molecule has 9 nitrogen and oxygen atoms in total. The molecule has 1 aromatic heterocycles. The van der Waals surface area contributed by atoms with Crippen molar-refractivity contribution >= 4 is 47.5 Å². The maximum atomic E-state index is 15.9. The van der Waals surface area contributed by atoms with Gasteiger partial charge >= 0.3 is 6.09 Å². The Morgan fingerprint density at radius 2 is 1.88 bits per heavy atom. The quantitative estimate of drug-likeness (QED) is 0.331. The van der Waals surface area contributed by atoms with Crippen molar-refractivity contribution in [1.82, 2.24) is 9.88 Å². The Balaban J connectivity index is 1.63. The van der Waals surface area contributed by atoms with Crippen molar-refractivity contribution in [3.63, 3.8) is 0 Å². The van der Waals surface area contributed by atoms with Gasteiger partial charge in [-0.15, -0.1) is 0 Å². The van der Waals surface area contributed by atoms with E-state index >= 15 is 4.39 Å². The van der Waals surface area contributed by atoms with Gasteiger partial charge in [0.25, 0.3) is 5.56 Å². The molecular formula is C30H28BFN4O5. The molecule has 2 amide bonds. The maximum Gasteiger partial charge on any atom is 0.411 e. The van der Waals surface area contributed by atoms with Gasteiger partial charge < -0.3 is 24.7 Å². The van der Waals surface area contributed by atoms with Gasteiger partial charge in [-0.25, -0.2) is 9.18 Å². The number of carbonyl (C=O) groups is 2. The molecule has 4 aromatic rings. The van der Waals surface area contributed by atoms with Crippen molar-refractivity contribution in [2.75, 3.05) is 31.4 Å². The van der Waals surface area contributed by atoms with E-state index in [1.807, 2.05) is 0 Å². The van der Waals surface area contributed by atoms with Crippen LogP contribution in [0.1, 0.15) is 35.6 Å². The molecule has 2 radical (unpaired) electrons. The molecular weight excluding hydrogens is 526 g/mol. The molecule has 2 aliphatic rings. The van der Waals surface area contributed by atoms with Gasteiger partial charge in [-0.05, 0) is 53.4 Å². The average Bonchev–Trinajstić information content (AvgIpc) is 2.96. The Labute approximate surface area is 237 Å². The van der Waals surface area contributed by atoms with Crippen LogP contribution in [-0.2, 0) is 16.1 Å². The van der Waals surface area contributed by atoms with Crippen LogP contribution in [0, 0.1) is 5.82 Å². The number of fused-ring (bicyclic) bond motifs is 10. The monoisotopic (exact) mass is 554 g/mol. The highest BCUT2D eigenvalue weighted by Crippen LogP contribution is 2.34. The lowest BCUT2D eigenvalue weighted by molar-refractivity contribution is -0.131. The largest absolute Gasteiger partial charge is 0.496 e. The van der Waals surface area contributed by atoms with E-state index in [2.05, 4.69) is 15.6 Å². The minimum atomic E-state index is -1.19. The fourth-order valence-electron chi connectivity index (χ4n) is 4.90. The summed E-state index contributed by atoms with van der Waals surface area (Å²) in [7, 11) is 9.21. The summed E-state index contributed by atoms with van der Waals surface area (Å²) in [5.41, 5.74) is 2.11. The number of halogens is 1. The van der Waals surface area contributed by atoms with Crippen LogP contribution in [0.15, 0.2) is 65.6 Å². The molecule has 3 heterocycles. The lowest BCUT2D eigenvalue weighted by atomic mass is 9.89. The Morgan fingerprint density at radius 3 is 2.66 bits per heavy atom. The van der Waals surface area contributed by atoms with Crippen LogP contribution < -0.4 is 26.4 Å². The smallest absolute Gasteiger partial charge is 0.411 e. The predicted molar refractivity (Wildman–Crippen MR) is 156 cm³/mol. The van der Waals surface area contributed by atoms with Gasteiger partial charge in [0.05, 0.1) is 13.7 Å². The first-order valence-corrected chi connectivity index (χ1v) is 13.0. The number of rotatable bonds is 3. The number of carbonyl (C=O) groups excluding carboxylic acids is 2. The van der Waals surface area contributed by atoms with Gasteiger partial charge in [0.15, 0.2) is 0 Å². The number of H-pyrrole nitrogens is 1. The molecule has 4 bridgehead atoms. The van der Waals surface area contributed by atoms with Crippen LogP contribution in [0.5, 0.6) is 5.75 Å². The summed E-state index contributed by atoms with van der Waals surface area (Å²) in [6, 6.07) is 13.3. The number of benzene rings is 3. The number of hydrogen-bond acceptors (Lipinski definition) is 6. The van der Waals surface area contributed by atoms with Gasteiger partial charge in [0, 0.05) is 53.6 Å². The first-order chi connectivity index (χ1) is 19.6. The van der Waals surface area contributed by atoms with E-state index in [0.29, 0.717) is 39.1 Å². The van der Waals surface area contributed by atoms with Crippen LogP contribution in [0.25, 0.3) is 10.8 Å². The van der Waals surface area contributed by atoms with Crippen molar-refractivity contribution in [3.05, 3.63) is 93.7 Å². The van der Waals surface area contributed by atoms with Gasteiger partial charge in [0.2, 0.25) is 5.91 Å². The summed E-state index contributed by atoms with van der Waals surface area (Å²) in [6.45, 7) is 1.80. The summed E-state index contributed by atoms with van der Waals surface area (Å²) in [6.07, 6.45) is 0.873. The van der Waals surface area contributed by atoms with Crippen LogP contribution >= 0.6 is 0 Å². The van der Waals surface area contributed by atoms with Crippen LogP contribution in [0.2, 0.25) is 0 Å². The van der Waals surface area contributed by atoms with E-state index in [9.17, 15) is 14.4 Å². The number of nitrogens with zero attached hydrogens (tertiary/aromatic N) is 1. The molecule has 2 atom stereocenters. The highest BCUT2D eigenvalue weighted by Gasteiger charge is 2.30. The zero-order valence-corrected chi connectivity index (χ0v) is 22.8. The summed E-state index contributed by atoms with van der Waals surface area (Å²) >= 11 is 0. The fourth-order valence-corrected chi connectivity index (χ4v) is 4.90. The van der Waals surface area contributed by atoms with E-state index in [0.717, 1.165) is 5.39 Å². The van der Waals surface area contributed by atoms with E-state index in [1.165, 1.54) is 24.1 Å². The number of pyridine rings is 1. The Morgan fingerprint density at radius 1 is 1.07 bits per heavy atom. The lowest BCUT2D eigenvalue weighted by Gasteiger charge is -2.28. The number of nitrogens with one attached hydrogen (secondary N) is 3. The summed E-state index contributed by atoms with van der Waals surface area (Å²) in [5, 5.41) is 6.94. The maximum absolute atomic E-state index is 15.9. The summed E-state index contributed by atoms with van der Waals surface area (Å²) in [5.74, 6) is -1.20. The molecule has 11 heteroatoms. The molecule has 0 unspecified atom stereocenters. The van der Waals surface area contributed by atoms with Crippen molar-refractivity contribution in [2.45, 2.75) is 25.4 Å². The zero-order chi connectivity index (χ0) is 29.3. The number of aromatic amines is 1. The Kier molecular flexibility index (Phi) is 7.69. The zero-order valence-electron chi connectivity index (χ0n) is 22.8. The number of methoxy groups -OCH3 is 1. The summed E-state index contributed by atoms with van der Waals surface area (Å²) < 4.78 is 26.8. The fraction of sp³-hybridized carbons (Fsp3) is 0.233. The average molecular weight is 554 g/mol. The molecule has 208 valence electrons. The molecule has 3 aromatic carbocycles. The van der Waals surface area contributed by atoms with E-state index in [-0.39, 0.29) is 24.3 Å². The normalized spacial score (nSPS) is 17.7. The van der Waals surface area contributed by atoms with Crippen molar-refractivity contribution in [1.29, 1.82) is 0 Å². The minimum Gasteiger partial charge on any atom is -0.496 e. The summed E-state index contributed by atoms with van der Waals surface area (Å²) in [4.78, 5) is 42.9. The lowest BCUT2D eigenvalue weighted by Crippen LogP contribution is -2.36. The molecule has 0 spiro atoms. The third-order valence-electron chi connectivity index (χ3n) is 7.16.